The van der Waals surface area contributed by atoms with Crippen LogP contribution < -0.4 is 5.32 Å². The highest BCUT2D eigenvalue weighted by Gasteiger charge is 2.88. The Morgan fingerprint density at radius 3 is 2.60 bits per heavy atom. The van der Waals surface area contributed by atoms with E-state index in [0.717, 1.165) is 61.3 Å². The van der Waals surface area contributed by atoms with Crippen LogP contribution in [0.5, 0.6) is 0 Å². The predicted octanol–water partition coefficient (Wildman–Crippen LogP) is 2.71. The van der Waals surface area contributed by atoms with Crippen LogP contribution in [0.4, 0.5) is 0 Å². The number of fused-ring (bicyclic) bond motifs is 4. The van der Waals surface area contributed by atoms with Gasteiger partial charge in [-0.05, 0) is 66.9 Å². The molecule has 1 aromatic carbocycles. The predicted molar refractivity (Wildman–Crippen MR) is 93.7 cm³/mol. The first kappa shape index (κ1) is 14.2. The Bertz CT molecular complexity index is 699. The highest BCUT2D eigenvalue weighted by atomic mass is 16.7. The highest BCUT2D eigenvalue weighted by Crippen LogP contribution is 2.86. The van der Waals surface area contributed by atoms with E-state index in [1.54, 1.807) is 0 Å². The van der Waals surface area contributed by atoms with Gasteiger partial charge in [0.2, 0.25) is 0 Å². The molecule has 0 aromatic heterocycles. The summed E-state index contributed by atoms with van der Waals surface area (Å²) in [6.07, 6.45) is 3.92. The molecule has 2 bridgehead atoms. The Kier molecular flexibility index (Phi) is 2.66. The van der Waals surface area contributed by atoms with Crippen LogP contribution in [0.1, 0.15) is 18.4 Å². The molecule has 3 heteroatoms. The summed E-state index contributed by atoms with van der Waals surface area (Å²) in [7, 11) is 0. The van der Waals surface area contributed by atoms with Crippen molar-refractivity contribution in [2.24, 2.45) is 47.3 Å². The summed E-state index contributed by atoms with van der Waals surface area (Å²) in [5.41, 5.74) is 1.47. The smallest absolute Gasteiger partial charge is 0.175 e. The van der Waals surface area contributed by atoms with Gasteiger partial charge in [0.05, 0.1) is 13.2 Å². The number of aryl methyl sites for hydroxylation is 1. The lowest BCUT2D eigenvalue weighted by Crippen LogP contribution is -2.62. The van der Waals surface area contributed by atoms with Gasteiger partial charge in [0.25, 0.3) is 0 Å². The molecule has 3 nitrogen and oxygen atoms in total. The van der Waals surface area contributed by atoms with E-state index in [9.17, 15) is 0 Å². The van der Waals surface area contributed by atoms with Gasteiger partial charge in [0.15, 0.2) is 5.79 Å². The molecule has 0 amide bonds. The van der Waals surface area contributed by atoms with Gasteiger partial charge >= 0.3 is 0 Å². The normalized spacial score (nSPS) is 51.8. The summed E-state index contributed by atoms with van der Waals surface area (Å²) < 4.78 is 12.7. The van der Waals surface area contributed by atoms with Gasteiger partial charge in [0, 0.05) is 17.9 Å². The maximum atomic E-state index is 6.35. The minimum atomic E-state index is -0.144. The van der Waals surface area contributed by atoms with Gasteiger partial charge < -0.3 is 14.8 Å². The van der Waals surface area contributed by atoms with Crippen molar-refractivity contribution in [3.05, 3.63) is 35.9 Å². The fourth-order valence-corrected chi connectivity index (χ4v) is 8.79. The Morgan fingerprint density at radius 1 is 0.920 bits per heavy atom. The average Bonchev–Trinajstić information content (AvgIpc) is 3.31. The van der Waals surface area contributed by atoms with Gasteiger partial charge in [-0.3, -0.25) is 0 Å². The van der Waals surface area contributed by atoms with Gasteiger partial charge in [0.1, 0.15) is 0 Å². The molecule has 0 radical (unpaired) electrons. The molecular weight excluding hydrogens is 310 g/mol. The first-order chi connectivity index (χ1) is 12.4. The second-order valence-electron chi connectivity index (χ2n) is 9.41. The zero-order chi connectivity index (χ0) is 16.2. The maximum absolute atomic E-state index is 6.35. The fraction of sp³-hybridized carbons (Fsp3) is 0.727. The van der Waals surface area contributed by atoms with E-state index in [0.29, 0.717) is 11.8 Å². The van der Waals surface area contributed by atoms with Crippen molar-refractivity contribution in [1.82, 2.24) is 5.32 Å². The summed E-state index contributed by atoms with van der Waals surface area (Å²) in [6.45, 7) is 2.82. The third kappa shape index (κ3) is 1.49. The molecule has 5 saturated carbocycles. The van der Waals surface area contributed by atoms with Crippen LogP contribution in [-0.4, -0.2) is 31.6 Å². The summed E-state index contributed by atoms with van der Waals surface area (Å²) in [5.74, 6) is 6.83. The molecule has 25 heavy (non-hydrogen) atoms. The van der Waals surface area contributed by atoms with Crippen molar-refractivity contribution in [2.45, 2.75) is 31.1 Å². The van der Waals surface area contributed by atoms with Crippen LogP contribution in [0.15, 0.2) is 30.3 Å². The molecule has 1 spiro atoms. The minimum Gasteiger partial charge on any atom is -0.347 e. The zero-order valence-corrected chi connectivity index (χ0v) is 14.6. The molecule has 7 rings (SSSR count). The number of benzene rings is 1. The number of hydrogen-bond acceptors (Lipinski definition) is 3. The van der Waals surface area contributed by atoms with E-state index >= 15 is 0 Å². The molecule has 5 aliphatic carbocycles. The maximum Gasteiger partial charge on any atom is 0.175 e. The van der Waals surface area contributed by atoms with Crippen LogP contribution >= 0.6 is 0 Å². The topological polar surface area (TPSA) is 30.5 Å². The molecule has 1 N–H and O–H groups in total. The molecule has 0 unspecified atom stereocenters. The Labute approximate surface area is 149 Å². The van der Waals surface area contributed by atoms with Crippen molar-refractivity contribution >= 4 is 0 Å². The number of hydrogen-bond donors (Lipinski definition) is 1. The highest BCUT2D eigenvalue weighted by molar-refractivity contribution is 5.34. The monoisotopic (exact) mass is 337 g/mol. The van der Waals surface area contributed by atoms with Crippen molar-refractivity contribution in [3.8, 4) is 0 Å². The second kappa shape index (κ2) is 4.68. The Balaban J connectivity index is 1.08. The molecule has 1 aromatic rings. The lowest BCUT2D eigenvalue weighted by Gasteiger charge is -2.54. The summed E-state index contributed by atoms with van der Waals surface area (Å²) in [5, 5.41) is 4.02. The third-order valence-corrected chi connectivity index (χ3v) is 8.98. The van der Waals surface area contributed by atoms with E-state index in [-0.39, 0.29) is 5.79 Å². The molecular formula is C22H27NO2. The van der Waals surface area contributed by atoms with Gasteiger partial charge in [-0.1, -0.05) is 30.3 Å². The standard InChI is InChI=1S/C22H27NO2/c1-2-5-12(6-3-1)7-4-8-23-21-17-13-11-14-16-15(13)18(21)20(16)22(19(14)17)24-9-10-25-22/h1-3,5-6,13-21,23H,4,7-11H2/t13-,14+,15-,16+,17+,18-,19-,20+,21-/m0/s1. The fourth-order valence-electron chi connectivity index (χ4n) is 8.79. The molecule has 6 fully saturated rings. The van der Waals surface area contributed by atoms with E-state index in [1.165, 1.54) is 24.8 Å². The van der Waals surface area contributed by atoms with Crippen LogP contribution in [-0.2, 0) is 15.9 Å². The van der Waals surface area contributed by atoms with Gasteiger partial charge in [-0.15, -0.1) is 0 Å². The van der Waals surface area contributed by atoms with E-state index in [4.69, 9.17) is 9.47 Å². The van der Waals surface area contributed by atoms with E-state index < -0.39 is 0 Å². The van der Waals surface area contributed by atoms with Gasteiger partial charge in [-0.2, -0.15) is 0 Å². The number of rotatable bonds is 5. The molecule has 9 atom stereocenters. The van der Waals surface area contributed by atoms with Crippen molar-refractivity contribution < 1.29 is 9.47 Å². The molecule has 132 valence electrons. The second-order valence-corrected chi connectivity index (χ2v) is 9.41. The first-order valence-electron chi connectivity index (χ1n) is 10.5. The third-order valence-electron chi connectivity index (χ3n) is 8.98. The van der Waals surface area contributed by atoms with Crippen LogP contribution in [0.25, 0.3) is 0 Å². The van der Waals surface area contributed by atoms with Gasteiger partial charge in [-0.25, -0.2) is 0 Å². The first-order valence-corrected chi connectivity index (χ1v) is 10.5. The lowest BCUT2D eigenvalue weighted by atomic mass is 9.57. The molecule has 1 saturated heterocycles. The minimum absolute atomic E-state index is 0.144. The van der Waals surface area contributed by atoms with Crippen LogP contribution in [0, 0.1) is 47.3 Å². The van der Waals surface area contributed by atoms with Crippen LogP contribution in [0.2, 0.25) is 0 Å². The van der Waals surface area contributed by atoms with Crippen molar-refractivity contribution in [2.75, 3.05) is 19.8 Å². The average molecular weight is 337 g/mol. The number of nitrogens with one attached hydrogen (secondary N) is 1. The van der Waals surface area contributed by atoms with Crippen LogP contribution in [0.3, 0.4) is 0 Å². The Hall–Kier alpha value is -0.900. The summed E-state index contributed by atoms with van der Waals surface area (Å²) in [4.78, 5) is 0. The zero-order valence-electron chi connectivity index (χ0n) is 14.6. The summed E-state index contributed by atoms with van der Waals surface area (Å²) in [6, 6.07) is 11.7. The molecule has 1 heterocycles. The molecule has 6 aliphatic rings. The Morgan fingerprint density at radius 2 is 1.76 bits per heavy atom. The van der Waals surface area contributed by atoms with Crippen molar-refractivity contribution in [1.29, 1.82) is 0 Å². The quantitative estimate of drug-likeness (QED) is 0.838. The number of ether oxygens (including phenoxy) is 2. The lowest BCUT2D eigenvalue weighted by molar-refractivity contribution is -0.264. The van der Waals surface area contributed by atoms with E-state index in [1.807, 2.05) is 0 Å². The van der Waals surface area contributed by atoms with Crippen molar-refractivity contribution in [3.63, 3.8) is 0 Å². The van der Waals surface area contributed by atoms with E-state index in [2.05, 4.69) is 35.6 Å². The largest absolute Gasteiger partial charge is 0.347 e. The summed E-state index contributed by atoms with van der Waals surface area (Å²) >= 11 is 0. The SMILES string of the molecule is c1ccc(CCCN[C@@H]2[C@H]3[C@H]4[C@@H]5C[C@@H]6[C@H]4[C@H]3C3(OCCO3)[C@@H]6[C@@H]52)cc1. The molecule has 1 aliphatic heterocycles.